The highest BCUT2D eigenvalue weighted by molar-refractivity contribution is 6.10. The topological polar surface area (TPSA) is 104 Å². The molecule has 1 aromatic heterocycles. The van der Waals surface area contributed by atoms with Gasteiger partial charge in [-0.3, -0.25) is 14.9 Å². The van der Waals surface area contributed by atoms with Gasteiger partial charge in [-0.1, -0.05) is 47.6 Å². The summed E-state index contributed by atoms with van der Waals surface area (Å²) in [5.41, 5.74) is 2.05. The molecule has 0 saturated carbocycles. The number of carbonyl (C=O) groups excluding carboxylic acids is 2. The summed E-state index contributed by atoms with van der Waals surface area (Å²) >= 11 is 0. The lowest BCUT2D eigenvalue weighted by Crippen LogP contribution is -2.12. The van der Waals surface area contributed by atoms with Crippen LogP contribution in [0.4, 0.5) is 6.01 Å². The largest absolute Gasteiger partial charge is 0.490 e. The van der Waals surface area contributed by atoms with Crippen LogP contribution in [0.1, 0.15) is 40.1 Å². The van der Waals surface area contributed by atoms with Crippen molar-refractivity contribution in [3.8, 4) is 23.0 Å². The zero-order valence-electron chi connectivity index (χ0n) is 18.8. The minimum absolute atomic E-state index is 0.0451. The molecule has 3 aromatic carbocycles. The minimum atomic E-state index is -0.435. The molecule has 0 aliphatic heterocycles. The Bertz CT molecular complexity index is 1280. The number of ketones is 1. The fraction of sp³-hybridized carbons (Fsp3) is 0.154. The Morgan fingerprint density at radius 1 is 0.794 bits per heavy atom. The number of ether oxygens (including phenoxy) is 2. The molecule has 34 heavy (non-hydrogen) atoms. The summed E-state index contributed by atoms with van der Waals surface area (Å²) in [5.74, 6) is 0.862. The Labute approximate surface area is 196 Å². The number of hydrogen-bond acceptors (Lipinski definition) is 7. The van der Waals surface area contributed by atoms with Gasteiger partial charge in [0.2, 0.25) is 5.89 Å². The number of hydrogen-bond donors (Lipinski definition) is 1. The van der Waals surface area contributed by atoms with E-state index < -0.39 is 5.91 Å². The van der Waals surface area contributed by atoms with Crippen LogP contribution in [0.5, 0.6) is 11.5 Å². The van der Waals surface area contributed by atoms with Gasteiger partial charge in [0.05, 0.1) is 13.2 Å². The second kappa shape index (κ2) is 10.4. The summed E-state index contributed by atoms with van der Waals surface area (Å²) < 4.78 is 16.8. The van der Waals surface area contributed by atoms with Crippen molar-refractivity contribution in [3.05, 3.63) is 89.5 Å². The number of aromatic nitrogens is 2. The van der Waals surface area contributed by atoms with Gasteiger partial charge >= 0.3 is 6.01 Å². The quantitative estimate of drug-likeness (QED) is 0.352. The van der Waals surface area contributed by atoms with E-state index >= 15 is 0 Å². The van der Waals surface area contributed by atoms with Crippen LogP contribution >= 0.6 is 0 Å². The lowest BCUT2D eigenvalue weighted by atomic mass is 10.0. The van der Waals surface area contributed by atoms with Crippen molar-refractivity contribution in [1.29, 1.82) is 0 Å². The third-order valence-corrected chi connectivity index (χ3v) is 4.88. The second-order valence-corrected chi connectivity index (χ2v) is 7.17. The molecule has 0 spiro atoms. The summed E-state index contributed by atoms with van der Waals surface area (Å²) in [7, 11) is 0. The molecule has 0 unspecified atom stereocenters. The number of amides is 1. The van der Waals surface area contributed by atoms with Gasteiger partial charge in [0, 0.05) is 22.3 Å². The first-order valence-corrected chi connectivity index (χ1v) is 10.8. The van der Waals surface area contributed by atoms with E-state index in [1.54, 1.807) is 66.7 Å². The normalized spacial score (nSPS) is 10.5. The van der Waals surface area contributed by atoms with Crippen molar-refractivity contribution in [3.63, 3.8) is 0 Å². The maximum atomic E-state index is 12.6. The molecule has 1 heterocycles. The molecule has 0 aliphatic rings. The second-order valence-electron chi connectivity index (χ2n) is 7.17. The zero-order valence-corrected chi connectivity index (χ0v) is 18.8. The number of carbonyl (C=O) groups is 2. The van der Waals surface area contributed by atoms with Gasteiger partial charge in [-0.25, -0.2) is 0 Å². The van der Waals surface area contributed by atoms with E-state index in [0.717, 1.165) is 0 Å². The predicted octanol–water partition coefficient (Wildman–Crippen LogP) is 5.02. The van der Waals surface area contributed by atoms with E-state index in [4.69, 9.17) is 13.9 Å². The first-order valence-electron chi connectivity index (χ1n) is 10.8. The first-order chi connectivity index (χ1) is 16.6. The van der Waals surface area contributed by atoms with E-state index in [2.05, 4.69) is 15.5 Å². The average Bonchev–Trinajstić information content (AvgIpc) is 3.34. The SMILES string of the molecule is CCOc1ccc(-c2nnc(NC(=O)c3ccc(C(=O)c4ccccc4)cc3)o2)cc1OCC. The molecule has 4 rings (SSSR count). The summed E-state index contributed by atoms with van der Waals surface area (Å²) in [6.07, 6.45) is 0. The van der Waals surface area contributed by atoms with Gasteiger partial charge in [0.15, 0.2) is 17.3 Å². The van der Waals surface area contributed by atoms with Crippen molar-refractivity contribution >= 4 is 17.7 Å². The highest BCUT2D eigenvalue weighted by atomic mass is 16.5. The molecule has 1 amide bonds. The van der Waals surface area contributed by atoms with Crippen LogP contribution in [0.3, 0.4) is 0 Å². The maximum absolute atomic E-state index is 12.6. The molecule has 0 fully saturated rings. The van der Waals surface area contributed by atoms with Crippen LogP contribution in [0.2, 0.25) is 0 Å². The summed E-state index contributed by atoms with van der Waals surface area (Å²) in [4.78, 5) is 25.1. The Kier molecular flexibility index (Phi) is 6.98. The molecule has 0 saturated heterocycles. The maximum Gasteiger partial charge on any atom is 0.322 e. The van der Waals surface area contributed by atoms with Gasteiger partial charge in [-0.2, -0.15) is 0 Å². The standard InChI is InChI=1S/C26H23N3O5/c1-3-32-21-15-14-20(16-22(21)33-4-2)25-28-29-26(34-25)27-24(31)19-12-10-18(11-13-19)23(30)17-8-6-5-7-9-17/h5-16H,3-4H2,1-2H3,(H,27,29,31). The highest BCUT2D eigenvalue weighted by Gasteiger charge is 2.16. The number of anilines is 1. The molecule has 0 atom stereocenters. The fourth-order valence-electron chi connectivity index (χ4n) is 3.27. The minimum Gasteiger partial charge on any atom is -0.490 e. The lowest BCUT2D eigenvalue weighted by molar-refractivity contribution is 0.101. The van der Waals surface area contributed by atoms with Gasteiger partial charge < -0.3 is 13.9 Å². The summed E-state index contributed by atoms with van der Waals surface area (Å²) in [6, 6.07) is 20.6. The van der Waals surface area contributed by atoms with Crippen LogP contribution in [0.25, 0.3) is 11.5 Å². The molecule has 0 radical (unpaired) electrons. The molecule has 4 aromatic rings. The Hall–Kier alpha value is -4.46. The zero-order chi connectivity index (χ0) is 23.9. The number of benzene rings is 3. The Balaban J connectivity index is 1.45. The van der Waals surface area contributed by atoms with Crippen molar-refractivity contribution in [2.75, 3.05) is 18.5 Å². The Morgan fingerprint density at radius 2 is 1.44 bits per heavy atom. The van der Waals surface area contributed by atoms with E-state index in [-0.39, 0.29) is 17.7 Å². The molecular weight excluding hydrogens is 434 g/mol. The van der Waals surface area contributed by atoms with Crippen molar-refractivity contribution in [1.82, 2.24) is 10.2 Å². The molecule has 1 N–H and O–H groups in total. The van der Waals surface area contributed by atoms with Crippen LogP contribution in [0.15, 0.2) is 77.2 Å². The third-order valence-electron chi connectivity index (χ3n) is 4.88. The van der Waals surface area contributed by atoms with Gasteiger partial charge in [0.25, 0.3) is 5.91 Å². The smallest absolute Gasteiger partial charge is 0.322 e. The summed E-state index contributed by atoms with van der Waals surface area (Å²) in [6.45, 7) is 4.76. The van der Waals surface area contributed by atoms with E-state index in [1.807, 2.05) is 19.9 Å². The predicted molar refractivity (Wildman–Crippen MR) is 126 cm³/mol. The van der Waals surface area contributed by atoms with Crippen molar-refractivity contribution < 1.29 is 23.5 Å². The monoisotopic (exact) mass is 457 g/mol. The molecule has 172 valence electrons. The number of rotatable bonds is 9. The van der Waals surface area contributed by atoms with Crippen LogP contribution in [-0.4, -0.2) is 35.1 Å². The Morgan fingerprint density at radius 3 is 2.15 bits per heavy atom. The average molecular weight is 457 g/mol. The molecule has 8 nitrogen and oxygen atoms in total. The highest BCUT2D eigenvalue weighted by Crippen LogP contribution is 2.32. The van der Waals surface area contributed by atoms with E-state index in [9.17, 15) is 9.59 Å². The third kappa shape index (κ3) is 5.12. The number of nitrogens with zero attached hydrogens (tertiary/aromatic N) is 2. The lowest BCUT2D eigenvalue weighted by Gasteiger charge is -2.11. The van der Waals surface area contributed by atoms with Crippen molar-refractivity contribution in [2.24, 2.45) is 0 Å². The van der Waals surface area contributed by atoms with Crippen LogP contribution < -0.4 is 14.8 Å². The van der Waals surface area contributed by atoms with Crippen molar-refractivity contribution in [2.45, 2.75) is 13.8 Å². The number of nitrogens with one attached hydrogen (secondary N) is 1. The van der Waals surface area contributed by atoms with E-state index in [1.165, 1.54) is 0 Å². The van der Waals surface area contributed by atoms with Crippen LogP contribution in [0, 0.1) is 0 Å². The molecular formula is C26H23N3O5. The van der Waals surface area contributed by atoms with Gasteiger partial charge in [-0.15, -0.1) is 5.10 Å². The summed E-state index contributed by atoms with van der Waals surface area (Å²) in [5, 5.41) is 10.5. The molecule has 0 aliphatic carbocycles. The van der Waals surface area contributed by atoms with Crippen LogP contribution in [-0.2, 0) is 0 Å². The fourth-order valence-corrected chi connectivity index (χ4v) is 3.27. The van der Waals surface area contributed by atoms with E-state index in [0.29, 0.717) is 47.0 Å². The molecule has 8 heteroatoms. The first kappa shape index (κ1) is 22.7. The van der Waals surface area contributed by atoms with Gasteiger partial charge in [-0.05, 0) is 44.2 Å². The molecule has 0 bridgehead atoms. The van der Waals surface area contributed by atoms with Gasteiger partial charge in [0.1, 0.15) is 0 Å².